The summed E-state index contributed by atoms with van der Waals surface area (Å²) in [6.45, 7) is 3.39. The summed E-state index contributed by atoms with van der Waals surface area (Å²) < 4.78 is 0. The highest BCUT2D eigenvalue weighted by Gasteiger charge is 2.24. The van der Waals surface area contributed by atoms with Crippen LogP contribution in [0.5, 0.6) is 0 Å². The normalized spacial score (nSPS) is 14.9. The van der Waals surface area contributed by atoms with E-state index >= 15 is 0 Å². The van der Waals surface area contributed by atoms with E-state index in [9.17, 15) is 9.59 Å². The Bertz CT molecular complexity index is 550. The molecule has 0 saturated heterocycles. The summed E-state index contributed by atoms with van der Waals surface area (Å²) in [6.07, 6.45) is 9.14. The molecule has 112 valence electrons. The number of carbonyl (C=O) groups is 2. The number of nitrogens with zero attached hydrogens (tertiary/aromatic N) is 2. The van der Waals surface area contributed by atoms with Crippen LogP contribution < -0.4 is 0 Å². The number of pyridine rings is 1. The Morgan fingerprint density at radius 1 is 1.48 bits per heavy atom. The maximum absolute atomic E-state index is 12.6. The lowest BCUT2D eigenvalue weighted by molar-refractivity contribution is -0.131. The second-order valence-electron chi connectivity index (χ2n) is 5.28. The third kappa shape index (κ3) is 3.90. The Labute approximate surface area is 124 Å². The topological polar surface area (TPSA) is 70.5 Å². The van der Waals surface area contributed by atoms with Crippen molar-refractivity contribution in [3.8, 4) is 0 Å². The first-order valence-electron chi connectivity index (χ1n) is 7.26. The molecule has 0 radical (unpaired) electrons. The van der Waals surface area contributed by atoms with Crippen LogP contribution in [-0.2, 0) is 4.79 Å². The molecule has 0 spiro atoms. The number of carbonyl (C=O) groups excluding carboxylic acids is 1. The van der Waals surface area contributed by atoms with Crippen LogP contribution in [0.1, 0.15) is 42.1 Å². The number of hydrogen-bond donors (Lipinski definition) is 1. The van der Waals surface area contributed by atoms with Gasteiger partial charge in [-0.15, -0.1) is 0 Å². The molecule has 1 amide bonds. The van der Waals surface area contributed by atoms with E-state index in [-0.39, 0.29) is 5.91 Å². The molecule has 0 aromatic carbocycles. The first-order valence-corrected chi connectivity index (χ1v) is 7.26. The van der Waals surface area contributed by atoms with Crippen molar-refractivity contribution < 1.29 is 14.7 Å². The number of amides is 1. The molecule has 5 heteroatoms. The van der Waals surface area contributed by atoms with Crippen molar-refractivity contribution in [2.75, 3.05) is 13.1 Å². The maximum atomic E-state index is 12.6. The van der Waals surface area contributed by atoms with Gasteiger partial charge in [0.05, 0.1) is 0 Å². The molecule has 1 fully saturated rings. The van der Waals surface area contributed by atoms with Crippen molar-refractivity contribution in [1.82, 2.24) is 9.88 Å². The van der Waals surface area contributed by atoms with Crippen molar-refractivity contribution >= 4 is 18.0 Å². The van der Waals surface area contributed by atoms with Gasteiger partial charge in [0.15, 0.2) is 0 Å². The maximum Gasteiger partial charge on any atom is 0.328 e. The van der Waals surface area contributed by atoms with Crippen LogP contribution in [0.25, 0.3) is 6.08 Å². The largest absolute Gasteiger partial charge is 0.478 e. The lowest BCUT2D eigenvalue weighted by Gasteiger charge is -2.32. The van der Waals surface area contributed by atoms with E-state index in [1.807, 2.05) is 11.8 Å². The third-order valence-electron chi connectivity index (χ3n) is 3.86. The van der Waals surface area contributed by atoms with E-state index < -0.39 is 5.97 Å². The van der Waals surface area contributed by atoms with E-state index in [0.29, 0.717) is 23.6 Å². The molecule has 5 nitrogen and oxygen atoms in total. The highest BCUT2D eigenvalue weighted by Crippen LogP contribution is 2.27. The molecule has 0 atom stereocenters. The van der Waals surface area contributed by atoms with Crippen LogP contribution >= 0.6 is 0 Å². The molecule has 1 aromatic rings. The zero-order valence-electron chi connectivity index (χ0n) is 12.2. The highest BCUT2D eigenvalue weighted by atomic mass is 16.4. The van der Waals surface area contributed by atoms with Crippen molar-refractivity contribution in [1.29, 1.82) is 0 Å². The molecule has 0 bridgehead atoms. The summed E-state index contributed by atoms with van der Waals surface area (Å²) in [7, 11) is 0. The van der Waals surface area contributed by atoms with E-state index in [1.54, 1.807) is 12.3 Å². The van der Waals surface area contributed by atoms with Gasteiger partial charge < -0.3 is 10.0 Å². The summed E-state index contributed by atoms with van der Waals surface area (Å²) in [5, 5.41) is 8.72. The van der Waals surface area contributed by atoms with Gasteiger partial charge in [-0.1, -0.05) is 6.42 Å². The van der Waals surface area contributed by atoms with Gasteiger partial charge in [0, 0.05) is 42.7 Å². The second kappa shape index (κ2) is 7.02. The fourth-order valence-corrected chi connectivity index (χ4v) is 2.41. The smallest absolute Gasteiger partial charge is 0.328 e. The van der Waals surface area contributed by atoms with E-state index in [2.05, 4.69) is 4.98 Å². The molecule has 0 unspecified atom stereocenters. The number of rotatable bonds is 6. The standard InChI is InChI=1S/C16H20N2O3/c1-2-18(11-12-4-3-5-12)16(21)14-8-9-17-10-13(14)6-7-15(19)20/h6-10,12H,2-5,11H2,1H3,(H,19,20)/b7-6+. The van der Waals surface area contributed by atoms with Crippen LogP contribution in [0.2, 0.25) is 0 Å². The Morgan fingerprint density at radius 2 is 2.24 bits per heavy atom. The molecule has 1 saturated carbocycles. The van der Waals surface area contributed by atoms with Gasteiger partial charge in [-0.3, -0.25) is 9.78 Å². The molecule has 1 heterocycles. The number of aromatic nitrogens is 1. The minimum Gasteiger partial charge on any atom is -0.478 e. The Balaban J connectivity index is 2.18. The Morgan fingerprint density at radius 3 is 2.81 bits per heavy atom. The minimum absolute atomic E-state index is 0.0585. The third-order valence-corrected chi connectivity index (χ3v) is 3.86. The fourth-order valence-electron chi connectivity index (χ4n) is 2.41. The fraction of sp³-hybridized carbons (Fsp3) is 0.438. The Hall–Kier alpha value is -2.17. The average molecular weight is 288 g/mol. The predicted octanol–water partition coefficient (Wildman–Crippen LogP) is 2.44. The predicted molar refractivity (Wildman–Crippen MR) is 79.8 cm³/mol. The molecule has 1 aliphatic rings. The summed E-state index contributed by atoms with van der Waals surface area (Å²) in [6, 6.07) is 1.65. The monoisotopic (exact) mass is 288 g/mol. The summed E-state index contributed by atoms with van der Waals surface area (Å²) in [5.74, 6) is -0.496. The molecule has 0 aliphatic heterocycles. The number of hydrogen-bond acceptors (Lipinski definition) is 3. The Kier molecular flexibility index (Phi) is 5.09. The molecule has 1 aliphatic carbocycles. The molecular weight excluding hydrogens is 268 g/mol. The zero-order chi connectivity index (χ0) is 15.2. The summed E-state index contributed by atoms with van der Waals surface area (Å²) in [5.41, 5.74) is 1.04. The van der Waals surface area contributed by atoms with Gasteiger partial charge in [0.2, 0.25) is 0 Å². The van der Waals surface area contributed by atoms with Crippen LogP contribution in [0.4, 0.5) is 0 Å². The minimum atomic E-state index is -1.04. The second-order valence-corrected chi connectivity index (χ2v) is 5.28. The zero-order valence-corrected chi connectivity index (χ0v) is 12.2. The van der Waals surface area contributed by atoms with Gasteiger partial charge >= 0.3 is 5.97 Å². The highest BCUT2D eigenvalue weighted by molar-refractivity contribution is 5.98. The first kappa shape index (κ1) is 15.2. The van der Waals surface area contributed by atoms with Crippen LogP contribution in [0.15, 0.2) is 24.5 Å². The van der Waals surface area contributed by atoms with Gasteiger partial charge in [0.25, 0.3) is 5.91 Å². The lowest BCUT2D eigenvalue weighted by Crippen LogP contribution is -2.37. The molecule has 1 N–H and O–H groups in total. The summed E-state index contributed by atoms with van der Waals surface area (Å²) >= 11 is 0. The van der Waals surface area contributed by atoms with E-state index in [4.69, 9.17) is 5.11 Å². The molecule has 2 rings (SSSR count). The average Bonchev–Trinajstić information content (AvgIpc) is 2.44. The molecule has 21 heavy (non-hydrogen) atoms. The van der Waals surface area contributed by atoms with Crippen LogP contribution in [0.3, 0.4) is 0 Å². The van der Waals surface area contributed by atoms with Gasteiger partial charge in [0.1, 0.15) is 0 Å². The van der Waals surface area contributed by atoms with Crippen molar-refractivity contribution in [3.63, 3.8) is 0 Å². The SMILES string of the molecule is CCN(CC1CCC1)C(=O)c1ccncc1/C=C/C(=O)O. The first-order chi connectivity index (χ1) is 10.1. The number of aliphatic carboxylic acids is 1. The van der Waals surface area contributed by atoms with Crippen molar-refractivity contribution in [3.05, 3.63) is 35.7 Å². The van der Waals surface area contributed by atoms with Crippen molar-refractivity contribution in [2.45, 2.75) is 26.2 Å². The molecular formula is C16H20N2O3. The van der Waals surface area contributed by atoms with Crippen molar-refractivity contribution in [2.24, 2.45) is 5.92 Å². The van der Waals surface area contributed by atoms with E-state index in [1.165, 1.54) is 31.5 Å². The van der Waals surface area contributed by atoms with Gasteiger partial charge in [-0.2, -0.15) is 0 Å². The number of carboxylic acids is 1. The van der Waals surface area contributed by atoms with Gasteiger partial charge in [-0.05, 0) is 37.8 Å². The summed E-state index contributed by atoms with van der Waals surface area (Å²) in [4.78, 5) is 29.1. The molecule has 1 aromatic heterocycles. The van der Waals surface area contributed by atoms with Gasteiger partial charge in [-0.25, -0.2) is 4.79 Å². The quantitative estimate of drug-likeness (QED) is 0.816. The van der Waals surface area contributed by atoms with E-state index in [0.717, 1.165) is 12.6 Å². The van der Waals surface area contributed by atoms with Crippen LogP contribution in [-0.4, -0.2) is 40.0 Å². The van der Waals surface area contributed by atoms with Crippen LogP contribution in [0, 0.1) is 5.92 Å². The number of carboxylic acid groups (broad SMARTS) is 1. The lowest BCUT2D eigenvalue weighted by atomic mass is 9.85.